The summed E-state index contributed by atoms with van der Waals surface area (Å²) in [6.45, 7) is 1.18. The van der Waals surface area contributed by atoms with Crippen LogP contribution >= 0.6 is 24.0 Å². The number of thioether (sulfide) groups is 1. The second kappa shape index (κ2) is 10.3. The van der Waals surface area contributed by atoms with E-state index in [9.17, 15) is 19.1 Å². The van der Waals surface area contributed by atoms with Crippen molar-refractivity contribution in [3.05, 3.63) is 40.6 Å². The van der Waals surface area contributed by atoms with Crippen LogP contribution in [0.3, 0.4) is 0 Å². The summed E-state index contributed by atoms with van der Waals surface area (Å²) in [6.07, 6.45) is 5.99. The predicted octanol–water partition coefficient (Wildman–Crippen LogP) is 3.57. The second-order valence-corrected chi connectivity index (χ2v) is 8.88. The van der Waals surface area contributed by atoms with E-state index in [2.05, 4.69) is 0 Å². The van der Waals surface area contributed by atoms with Gasteiger partial charge in [-0.15, -0.1) is 0 Å². The Labute approximate surface area is 179 Å². The molecule has 1 aromatic rings. The van der Waals surface area contributed by atoms with Gasteiger partial charge in [0.15, 0.2) is 0 Å². The monoisotopic (exact) mass is 436 g/mol. The smallest absolute Gasteiger partial charge is 0.266 e. The van der Waals surface area contributed by atoms with E-state index in [-0.39, 0.29) is 30.3 Å². The summed E-state index contributed by atoms with van der Waals surface area (Å²) in [5.41, 5.74) is 0.350. The van der Waals surface area contributed by atoms with Crippen molar-refractivity contribution in [1.29, 1.82) is 0 Å². The van der Waals surface area contributed by atoms with E-state index in [1.54, 1.807) is 18.2 Å². The molecular weight excluding hydrogens is 411 g/mol. The Balaban J connectivity index is 1.55. The zero-order valence-electron chi connectivity index (χ0n) is 16.2. The van der Waals surface area contributed by atoms with Crippen LogP contribution in [0.4, 0.5) is 4.39 Å². The number of hydrogen-bond donors (Lipinski definition) is 1. The molecule has 0 saturated carbocycles. The number of amides is 2. The van der Waals surface area contributed by atoms with Crippen LogP contribution < -0.4 is 0 Å². The number of likely N-dealkylation sites (tertiary alicyclic amines) is 1. The zero-order chi connectivity index (χ0) is 20.8. The van der Waals surface area contributed by atoms with Crippen molar-refractivity contribution in [3.8, 4) is 0 Å². The van der Waals surface area contributed by atoms with Gasteiger partial charge in [-0.1, -0.05) is 42.2 Å². The molecule has 2 aliphatic heterocycles. The first-order valence-corrected chi connectivity index (χ1v) is 11.1. The summed E-state index contributed by atoms with van der Waals surface area (Å²) in [5.74, 6) is -0.565. The number of piperidine rings is 1. The summed E-state index contributed by atoms with van der Waals surface area (Å²) >= 11 is 6.47. The van der Waals surface area contributed by atoms with Crippen LogP contribution in [0.5, 0.6) is 0 Å². The number of hydrogen-bond acceptors (Lipinski definition) is 5. The highest BCUT2D eigenvalue weighted by atomic mass is 32.2. The number of carbonyl (C=O) groups excluding carboxylic acids is 2. The molecule has 1 atom stereocenters. The molecule has 8 heteroatoms. The van der Waals surface area contributed by atoms with Gasteiger partial charge in [0.2, 0.25) is 5.91 Å². The summed E-state index contributed by atoms with van der Waals surface area (Å²) < 4.78 is 14.3. The molecule has 2 heterocycles. The largest absolute Gasteiger partial charge is 0.396 e. The maximum atomic E-state index is 13.8. The minimum Gasteiger partial charge on any atom is -0.396 e. The first-order valence-electron chi connectivity index (χ1n) is 9.91. The van der Waals surface area contributed by atoms with Crippen LogP contribution in [0.25, 0.3) is 6.08 Å². The summed E-state index contributed by atoms with van der Waals surface area (Å²) in [4.78, 5) is 29.0. The molecule has 0 spiro atoms. The molecule has 0 aromatic heterocycles. The fourth-order valence-electron chi connectivity index (χ4n) is 3.74. The molecule has 1 N–H and O–H groups in total. The lowest BCUT2D eigenvalue weighted by atomic mass is 9.99. The van der Waals surface area contributed by atoms with Crippen molar-refractivity contribution >= 4 is 46.2 Å². The van der Waals surface area contributed by atoms with Gasteiger partial charge < -0.3 is 10.0 Å². The first kappa shape index (κ1) is 21.9. The Kier molecular flexibility index (Phi) is 7.80. The predicted molar refractivity (Wildman–Crippen MR) is 117 cm³/mol. The molecular formula is C21H25FN2O3S2. The van der Waals surface area contributed by atoms with E-state index in [1.165, 1.54) is 17.0 Å². The molecule has 1 unspecified atom stereocenters. The van der Waals surface area contributed by atoms with E-state index in [1.807, 2.05) is 4.90 Å². The number of nitrogens with zero attached hydrogens (tertiary/aromatic N) is 2. The highest BCUT2D eigenvalue weighted by Gasteiger charge is 2.32. The van der Waals surface area contributed by atoms with Crippen LogP contribution in [-0.4, -0.2) is 56.8 Å². The second-order valence-electron chi connectivity index (χ2n) is 7.21. The Morgan fingerprint density at radius 2 is 2.14 bits per heavy atom. The average molecular weight is 437 g/mol. The van der Waals surface area contributed by atoms with Gasteiger partial charge in [-0.2, -0.15) is 0 Å². The summed E-state index contributed by atoms with van der Waals surface area (Å²) in [6, 6.07) is 6.39. The third-order valence-corrected chi connectivity index (χ3v) is 6.63. The molecule has 5 nitrogen and oxygen atoms in total. The van der Waals surface area contributed by atoms with E-state index in [0.29, 0.717) is 40.6 Å². The SMILES string of the molecule is O=C1/C(=C/c2ccccc2F)SC(=S)N1CCCC(=O)N1CCCCC1CCO. The summed E-state index contributed by atoms with van der Waals surface area (Å²) in [7, 11) is 0. The lowest BCUT2D eigenvalue weighted by Crippen LogP contribution is -2.44. The minimum absolute atomic E-state index is 0.0653. The van der Waals surface area contributed by atoms with Gasteiger partial charge in [0.25, 0.3) is 5.91 Å². The van der Waals surface area contributed by atoms with Gasteiger partial charge >= 0.3 is 0 Å². The van der Waals surface area contributed by atoms with E-state index < -0.39 is 0 Å². The van der Waals surface area contributed by atoms with Gasteiger partial charge in [-0.3, -0.25) is 14.5 Å². The molecule has 0 bridgehead atoms. The summed E-state index contributed by atoms with van der Waals surface area (Å²) in [5, 5.41) is 9.22. The first-order chi connectivity index (χ1) is 14.0. The topological polar surface area (TPSA) is 60.9 Å². The van der Waals surface area contributed by atoms with Crippen molar-refractivity contribution in [2.45, 2.75) is 44.6 Å². The quantitative estimate of drug-likeness (QED) is 0.523. The zero-order valence-corrected chi connectivity index (χ0v) is 17.8. The number of aliphatic hydroxyl groups excluding tert-OH is 1. The van der Waals surface area contributed by atoms with Crippen molar-refractivity contribution in [2.75, 3.05) is 19.7 Å². The molecule has 2 amide bonds. The molecule has 29 heavy (non-hydrogen) atoms. The maximum Gasteiger partial charge on any atom is 0.266 e. The van der Waals surface area contributed by atoms with Crippen molar-refractivity contribution < 1.29 is 19.1 Å². The fourth-order valence-corrected chi connectivity index (χ4v) is 5.04. The van der Waals surface area contributed by atoms with Crippen LogP contribution in [0, 0.1) is 5.82 Å². The third kappa shape index (κ3) is 5.43. The lowest BCUT2D eigenvalue weighted by molar-refractivity contribution is -0.135. The number of thiocarbonyl (C=S) groups is 1. The van der Waals surface area contributed by atoms with Crippen LogP contribution in [0.15, 0.2) is 29.2 Å². The number of carbonyl (C=O) groups is 2. The van der Waals surface area contributed by atoms with Gasteiger partial charge in [-0.25, -0.2) is 4.39 Å². The molecule has 1 aromatic carbocycles. The van der Waals surface area contributed by atoms with Gasteiger partial charge in [-0.05, 0) is 44.2 Å². The number of benzene rings is 1. The molecule has 3 rings (SSSR count). The maximum absolute atomic E-state index is 13.8. The Morgan fingerprint density at radius 1 is 1.34 bits per heavy atom. The third-order valence-electron chi connectivity index (χ3n) is 5.25. The normalized spacial score (nSPS) is 21.3. The molecule has 0 aliphatic carbocycles. The fraction of sp³-hybridized carbons (Fsp3) is 0.476. The Bertz CT molecular complexity index is 813. The standard InChI is InChI=1S/C21H25FN2O3S2/c22-17-8-2-1-6-15(17)14-18-20(27)24(21(28)29-18)12-5-9-19(26)23-11-4-3-7-16(23)10-13-25/h1-2,6,8,14,16,25H,3-5,7,9-13H2/b18-14-. The Morgan fingerprint density at radius 3 is 2.90 bits per heavy atom. The van der Waals surface area contributed by atoms with Crippen molar-refractivity contribution in [1.82, 2.24) is 9.80 Å². The lowest BCUT2D eigenvalue weighted by Gasteiger charge is -2.35. The van der Waals surface area contributed by atoms with Gasteiger partial charge in [0.1, 0.15) is 10.1 Å². The number of halogens is 1. The molecule has 156 valence electrons. The molecule has 0 radical (unpaired) electrons. The van der Waals surface area contributed by atoms with Gasteiger partial charge in [0, 0.05) is 37.7 Å². The highest BCUT2D eigenvalue weighted by molar-refractivity contribution is 8.26. The average Bonchev–Trinajstić information content (AvgIpc) is 2.97. The van der Waals surface area contributed by atoms with E-state index in [0.717, 1.165) is 37.6 Å². The van der Waals surface area contributed by atoms with Crippen LogP contribution in [-0.2, 0) is 9.59 Å². The Hall–Kier alpha value is -1.77. The van der Waals surface area contributed by atoms with Crippen molar-refractivity contribution in [2.24, 2.45) is 0 Å². The molecule has 2 saturated heterocycles. The van der Waals surface area contributed by atoms with Crippen molar-refractivity contribution in [3.63, 3.8) is 0 Å². The van der Waals surface area contributed by atoms with E-state index in [4.69, 9.17) is 12.2 Å². The number of aliphatic hydroxyl groups is 1. The van der Waals surface area contributed by atoms with Crippen LogP contribution in [0.2, 0.25) is 0 Å². The van der Waals surface area contributed by atoms with E-state index >= 15 is 0 Å². The minimum atomic E-state index is -0.387. The van der Waals surface area contributed by atoms with Gasteiger partial charge in [0.05, 0.1) is 4.91 Å². The van der Waals surface area contributed by atoms with Crippen LogP contribution in [0.1, 0.15) is 44.1 Å². The molecule has 2 aliphatic rings. The highest BCUT2D eigenvalue weighted by Crippen LogP contribution is 2.33. The number of rotatable bonds is 7. The molecule has 2 fully saturated rings.